The maximum absolute atomic E-state index is 11.7. The molecule has 0 saturated heterocycles. The van der Waals surface area contributed by atoms with Gasteiger partial charge in [0.1, 0.15) is 5.75 Å². The summed E-state index contributed by atoms with van der Waals surface area (Å²) in [5.74, 6) is 0.809. The van der Waals surface area contributed by atoms with Crippen LogP contribution in [-0.2, 0) is 5.60 Å². The molecular weight excluding hydrogens is 298 g/mol. The molecule has 0 aliphatic heterocycles. The number of benzene rings is 2. The van der Waals surface area contributed by atoms with Gasteiger partial charge in [0, 0.05) is 12.5 Å². The topological polar surface area (TPSA) is 32.7 Å². The van der Waals surface area contributed by atoms with Crippen LogP contribution in [0.3, 0.4) is 0 Å². The third kappa shape index (κ3) is 4.16. The van der Waals surface area contributed by atoms with E-state index in [-0.39, 0.29) is 5.92 Å². The summed E-state index contributed by atoms with van der Waals surface area (Å²) in [6.07, 6.45) is 1.63. The van der Waals surface area contributed by atoms with Gasteiger partial charge in [0.15, 0.2) is 0 Å². The molecule has 0 fully saturated rings. The fraction of sp³-hybridized carbons (Fsp3) is 0.429. The van der Waals surface area contributed by atoms with Gasteiger partial charge in [-0.15, -0.1) is 0 Å². The predicted molar refractivity (Wildman–Crippen MR) is 99.5 cm³/mol. The molecule has 0 spiro atoms. The van der Waals surface area contributed by atoms with Crippen molar-refractivity contribution in [3.63, 3.8) is 0 Å². The second-order valence-corrected chi connectivity index (χ2v) is 6.63. The second kappa shape index (κ2) is 8.32. The third-order valence-electron chi connectivity index (χ3n) is 4.55. The van der Waals surface area contributed by atoms with Gasteiger partial charge < -0.3 is 14.7 Å². The van der Waals surface area contributed by atoms with Crippen LogP contribution in [0.25, 0.3) is 0 Å². The van der Waals surface area contributed by atoms with E-state index in [2.05, 4.69) is 38.1 Å². The first-order valence-electron chi connectivity index (χ1n) is 8.57. The molecule has 3 nitrogen and oxygen atoms in total. The van der Waals surface area contributed by atoms with Crippen molar-refractivity contribution in [2.45, 2.75) is 31.3 Å². The molecule has 3 heteroatoms. The highest BCUT2D eigenvalue weighted by Crippen LogP contribution is 2.41. The number of rotatable bonds is 8. The van der Waals surface area contributed by atoms with Crippen molar-refractivity contribution in [1.82, 2.24) is 4.90 Å². The number of ether oxygens (including phenoxy) is 1. The normalized spacial score (nSPS) is 15.1. The zero-order chi connectivity index (χ0) is 17.6. The Balaban J connectivity index is 2.49. The summed E-state index contributed by atoms with van der Waals surface area (Å²) in [4.78, 5) is 2.14. The lowest BCUT2D eigenvalue weighted by atomic mass is 9.74. The smallest absolute Gasteiger partial charge is 0.118 e. The van der Waals surface area contributed by atoms with Crippen molar-refractivity contribution in [2.75, 3.05) is 27.7 Å². The summed E-state index contributed by atoms with van der Waals surface area (Å²) in [6.45, 7) is 2.90. The summed E-state index contributed by atoms with van der Waals surface area (Å²) in [7, 11) is 5.76. The summed E-state index contributed by atoms with van der Waals surface area (Å²) in [5, 5.41) is 11.7. The zero-order valence-corrected chi connectivity index (χ0v) is 15.2. The number of likely N-dealkylation sites (N-methyl/N-ethyl adjacent to an activating group) is 1. The average molecular weight is 327 g/mol. The Labute approximate surface area is 145 Å². The van der Waals surface area contributed by atoms with Crippen LogP contribution in [0.1, 0.15) is 36.8 Å². The summed E-state index contributed by atoms with van der Waals surface area (Å²) in [5.41, 5.74) is 1.20. The minimum atomic E-state index is -0.910. The molecule has 0 aromatic heterocycles. The Morgan fingerprint density at radius 3 is 2.17 bits per heavy atom. The van der Waals surface area contributed by atoms with Gasteiger partial charge in [-0.05, 0) is 43.8 Å². The Hall–Kier alpha value is -1.84. The van der Waals surface area contributed by atoms with E-state index in [1.54, 1.807) is 7.11 Å². The fourth-order valence-corrected chi connectivity index (χ4v) is 3.36. The van der Waals surface area contributed by atoms with Crippen molar-refractivity contribution in [3.05, 3.63) is 65.7 Å². The summed E-state index contributed by atoms with van der Waals surface area (Å²) < 4.78 is 5.26. The van der Waals surface area contributed by atoms with Crippen LogP contribution in [0.4, 0.5) is 0 Å². The fourth-order valence-electron chi connectivity index (χ4n) is 3.36. The van der Waals surface area contributed by atoms with Gasteiger partial charge in [0.05, 0.1) is 12.7 Å². The quantitative estimate of drug-likeness (QED) is 0.794. The summed E-state index contributed by atoms with van der Waals surface area (Å²) in [6, 6.07) is 18.1. The van der Waals surface area contributed by atoms with Crippen LogP contribution in [0.5, 0.6) is 5.75 Å². The highest BCUT2D eigenvalue weighted by molar-refractivity contribution is 5.35. The second-order valence-electron chi connectivity index (χ2n) is 6.63. The zero-order valence-electron chi connectivity index (χ0n) is 15.2. The molecule has 0 unspecified atom stereocenters. The van der Waals surface area contributed by atoms with Crippen LogP contribution in [0.15, 0.2) is 54.6 Å². The molecule has 0 saturated carbocycles. The van der Waals surface area contributed by atoms with E-state index in [0.717, 1.165) is 29.8 Å². The lowest BCUT2D eigenvalue weighted by Gasteiger charge is -2.38. The first kappa shape index (κ1) is 18.5. The van der Waals surface area contributed by atoms with Gasteiger partial charge in [-0.1, -0.05) is 55.8 Å². The maximum Gasteiger partial charge on any atom is 0.118 e. The minimum Gasteiger partial charge on any atom is -0.497 e. The number of aliphatic hydroxyl groups is 1. The minimum absolute atomic E-state index is 0.00189. The first-order valence-corrected chi connectivity index (χ1v) is 8.57. The van der Waals surface area contributed by atoms with Gasteiger partial charge in [0.25, 0.3) is 0 Å². The molecule has 0 amide bonds. The molecule has 0 aliphatic rings. The Morgan fingerprint density at radius 1 is 1.04 bits per heavy atom. The van der Waals surface area contributed by atoms with E-state index in [1.165, 1.54) is 0 Å². The third-order valence-corrected chi connectivity index (χ3v) is 4.55. The van der Waals surface area contributed by atoms with Gasteiger partial charge >= 0.3 is 0 Å². The predicted octanol–water partition coefficient (Wildman–Crippen LogP) is 4.03. The van der Waals surface area contributed by atoms with E-state index in [4.69, 9.17) is 4.74 Å². The van der Waals surface area contributed by atoms with E-state index >= 15 is 0 Å². The first-order chi connectivity index (χ1) is 11.5. The van der Waals surface area contributed by atoms with E-state index in [0.29, 0.717) is 6.42 Å². The van der Waals surface area contributed by atoms with Crippen molar-refractivity contribution in [3.8, 4) is 5.75 Å². The highest BCUT2D eigenvalue weighted by Gasteiger charge is 2.38. The van der Waals surface area contributed by atoms with E-state index in [9.17, 15) is 5.11 Å². The molecule has 1 N–H and O–H groups in total. The molecule has 2 aromatic carbocycles. The Bertz CT molecular complexity index is 609. The molecule has 0 aliphatic carbocycles. The van der Waals surface area contributed by atoms with Gasteiger partial charge in [-0.2, -0.15) is 0 Å². The van der Waals surface area contributed by atoms with Crippen LogP contribution < -0.4 is 4.74 Å². The highest BCUT2D eigenvalue weighted by atomic mass is 16.5. The number of hydrogen-bond donors (Lipinski definition) is 1. The standard InChI is InChI=1S/C21H29NO2/c1-5-15-21(23,18-11-13-19(24-4)14-12-18)20(16-22(2)3)17-9-7-6-8-10-17/h6-14,20,23H,5,15-16H2,1-4H3/t20-,21+/m1/s1. The lowest BCUT2D eigenvalue weighted by molar-refractivity contribution is -0.00975. The Kier molecular flexibility index (Phi) is 6.41. The monoisotopic (exact) mass is 327 g/mol. The molecule has 24 heavy (non-hydrogen) atoms. The van der Waals surface area contributed by atoms with Crippen molar-refractivity contribution < 1.29 is 9.84 Å². The van der Waals surface area contributed by atoms with Gasteiger partial charge in [-0.25, -0.2) is 0 Å². The van der Waals surface area contributed by atoms with Crippen LogP contribution in [-0.4, -0.2) is 37.8 Å². The molecule has 130 valence electrons. The van der Waals surface area contributed by atoms with E-state index < -0.39 is 5.60 Å². The molecule has 0 radical (unpaired) electrons. The molecular formula is C21H29NO2. The van der Waals surface area contributed by atoms with E-state index in [1.807, 2.05) is 42.5 Å². The molecule has 2 atom stereocenters. The largest absolute Gasteiger partial charge is 0.497 e. The van der Waals surface area contributed by atoms with Crippen LogP contribution in [0, 0.1) is 0 Å². The average Bonchev–Trinajstić information content (AvgIpc) is 2.60. The van der Waals surface area contributed by atoms with Gasteiger partial charge in [0.2, 0.25) is 0 Å². The number of methoxy groups -OCH3 is 1. The molecule has 0 heterocycles. The Morgan fingerprint density at radius 2 is 1.67 bits per heavy atom. The lowest BCUT2D eigenvalue weighted by Crippen LogP contribution is -2.39. The van der Waals surface area contributed by atoms with Crippen molar-refractivity contribution >= 4 is 0 Å². The molecule has 2 rings (SSSR count). The SMILES string of the molecule is CCC[C@](O)(c1ccc(OC)cc1)[C@H](CN(C)C)c1ccccc1. The van der Waals surface area contributed by atoms with Crippen LogP contribution >= 0.6 is 0 Å². The van der Waals surface area contributed by atoms with Crippen LogP contribution in [0.2, 0.25) is 0 Å². The molecule has 0 bridgehead atoms. The summed E-state index contributed by atoms with van der Waals surface area (Å²) >= 11 is 0. The van der Waals surface area contributed by atoms with Crippen molar-refractivity contribution in [1.29, 1.82) is 0 Å². The molecule has 2 aromatic rings. The van der Waals surface area contributed by atoms with Crippen molar-refractivity contribution in [2.24, 2.45) is 0 Å². The number of nitrogens with zero attached hydrogens (tertiary/aromatic N) is 1. The van der Waals surface area contributed by atoms with Gasteiger partial charge in [-0.3, -0.25) is 0 Å². The number of hydrogen-bond acceptors (Lipinski definition) is 3. The maximum atomic E-state index is 11.7.